The van der Waals surface area contributed by atoms with Gasteiger partial charge in [-0.2, -0.15) is 0 Å². The Morgan fingerprint density at radius 2 is 1.55 bits per heavy atom. The highest BCUT2D eigenvalue weighted by atomic mass is 16.6. The SMILES string of the molecule is CCOCN1C(C)=C(C(=O)OC(C)C)C(c2cccc([N+](=O)[O-])c2)C(C(=O)OC(C)C)=C1C. The number of esters is 2. The molecule has 0 aromatic heterocycles. The summed E-state index contributed by atoms with van der Waals surface area (Å²) in [6.07, 6.45) is -0.802. The maximum absolute atomic E-state index is 13.3. The van der Waals surface area contributed by atoms with Gasteiger partial charge in [0.25, 0.3) is 5.69 Å². The quantitative estimate of drug-likeness (QED) is 0.302. The number of benzene rings is 1. The molecule has 0 unspecified atom stereocenters. The monoisotopic (exact) mass is 460 g/mol. The summed E-state index contributed by atoms with van der Waals surface area (Å²) >= 11 is 0. The molecule has 1 aliphatic rings. The summed E-state index contributed by atoms with van der Waals surface area (Å²) in [5, 5.41) is 11.4. The summed E-state index contributed by atoms with van der Waals surface area (Å²) in [7, 11) is 0. The van der Waals surface area contributed by atoms with Crippen molar-refractivity contribution in [3.8, 4) is 0 Å². The predicted molar refractivity (Wildman–Crippen MR) is 122 cm³/mol. The Labute approximate surface area is 194 Å². The zero-order valence-corrected chi connectivity index (χ0v) is 20.2. The van der Waals surface area contributed by atoms with Crippen LogP contribution in [-0.2, 0) is 23.8 Å². The van der Waals surface area contributed by atoms with E-state index in [1.54, 1.807) is 52.5 Å². The summed E-state index contributed by atoms with van der Waals surface area (Å²) in [5.41, 5.74) is 1.79. The van der Waals surface area contributed by atoms with Gasteiger partial charge in [-0.15, -0.1) is 0 Å². The molecule has 0 saturated carbocycles. The maximum atomic E-state index is 13.3. The maximum Gasteiger partial charge on any atom is 0.337 e. The van der Waals surface area contributed by atoms with Crippen molar-refractivity contribution in [3.05, 3.63) is 62.5 Å². The van der Waals surface area contributed by atoms with Gasteiger partial charge < -0.3 is 19.1 Å². The third kappa shape index (κ3) is 5.98. The van der Waals surface area contributed by atoms with E-state index in [2.05, 4.69) is 0 Å². The lowest BCUT2D eigenvalue weighted by Gasteiger charge is -2.37. The van der Waals surface area contributed by atoms with Crippen molar-refractivity contribution >= 4 is 17.6 Å². The standard InChI is InChI=1S/C24H32N2O7/c1-8-31-13-25-16(6)20(23(27)32-14(2)3)22(18-10-9-11-19(12-18)26(29)30)21(17(25)7)24(28)33-15(4)5/h9-12,14-15,22H,8,13H2,1-7H3. The summed E-state index contributed by atoms with van der Waals surface area (Å²) in [5.74, 6) is -2.12. The molecule has 0 radical (unpaired) electrons. The van der Waals surface area contributed by atoms with Crippen LogP contribution in [0.15, 0.2) is 46.8 Å². The summed E-state index contributed by atoms with van der Waals surface area (Å²) < 4.78 is 16.6. The largest absolute Gasteiger partial charge is 0.460 e. The average molecular weight is 461 g/mol. The minimum Gasteiger partial charge on any atom is -0.460 e. The Hall–Kier alpha value is -3.20. The summed E-state index contributed by atoms with van der Waals surface area (Å²) in [4.78, 5) is 39.2. The van der Waals surface area contributed by atoms with Crippen LogP contribution in [0.4, 0.5) is 5.69 Å². The number of nitro benzene ring substituents is 1. The highest BCUT2D eigenvalue weighted by Gasteiger charge is 2.41. The molecular weight excluding hydrogens is 428 g/mol. The fourth-order valence-corrected chi connectivity index (χ4v) is 3.72. The van der Waals surface area contributed by atoms with Crippen molar-refractivity contribution in [2.45, 2.75) is 66.6 Å². The molecule has 0 amide bonds. The Morgan fingerprint density at radius 3 is 1.97 bits per heavy atom. The molecule has 180 valence electrons. The van der Waals surface area contributed by atoms with E-state index in [-0.39, 0.29) is 23.6 Å². The third-order valence-corrected chi connectivity index (χ3v) is 5.13. The molecule has 2 rings (SSSR count). The number of carbonyl (C=O) groups is 2. The number of allylic oxidation sites excluding steroid dienone is 2. The molecule has 9 heteroatoms. The number of hydrogen-bond donors (Lipinski definition) is 0. The van der Waals surface area contributed by atoms with Gasteiger partial charge in [0.2, 0.25) is 0 Å². The second-order valence-electron chi connectivity index (χ2n) is 8.24. The van der Waals surface area contributed by atoms with Gasteiger partial charge in [0.15, 0.2) is 0 Å². The van der Waals surface area contributed by atoms with Crippen LogP contribution in [0, 0.1) is 10.1 Å². The molecule has 1 aliphatic heterocycles. The smallest absolute Gasteiger partial charge is 0.337 e. The Balaban J connectivity index is 2.81. The van der Waals surface area contributed by atoms with Gasteiger partial charge in [0.1, 0.15) is 6.73 Å². The van der Waals surface area contributed by atoms with E-state index in [0.29, 0.717) is 23.6 Å². The van der Waals surface area contributed by atoms with Crippen LogP contribution in [0.3, 0.4) is 0 Å². The van der Waals surface area contributed by atoms with E-state index >= 15 is 0 Å². The molecular formula is C24H32N2O7. The zero-order chi connectivity index (χ0) is 24.9. The molecule has 0 atom stereocenters. The number of rotatable bonds is 9. The lowest BCUT2D eigenvalue weighted by atomic mass is 9.79. The Morgan fingerprint density at radius 1 is 1.03 bits per heavy atom. The van der Waals surface area contributed by atoms with Gasteiger partial charge >= 0.3 is 11.9 Å². The first-order valence-electron chi connectivity index (χ1n) is 10.9. The van der Waals surface area contributed by atoms with Gasteiger partial charge in [-0.05, 0) is 54.0 Å². The average Bonchev–Trinajstić information content (AvgIpc) is 2.72. The van der Waals surface area contributed by atoms with E-state index in [4.69, 9.17) is 14.2 Å². The Bertz CT molecular complexity index is 933. The first kappa shape index (κ1) is 26.1. The van der Waals surface area contributed by atoms with E-state index < -0.39 is 35.0 Å². The molecule has 0 bridgehead atoms. The third-order valence-electron chi connectivity index (χ3n) is 5.13. The van der Waals surface area contributed by atoms with Crippen molar-refractivity contribution in [1.29, 1.82) is 0 Å². The van der Waals surface area contributed by atoms with Crippen LogP contribution < -0.4 is 0 Å². The molecule has 0 fully saturated rings. The molecule has 9 nitrogen and oxygen atoms in total. The van der Waals surface area contributed by atoms with Crippen molar-refractivity contribution in [2.24, 2.45) is 0 Å². The normalized spacial score (nSPS) is 14.9. The van der Waals surface area contributed by atoms with Gasteiger partial charge in [-0.25, -0.2) is 9.59 Å². The van der Waals surface area contributed by atoms with Crippen LogP contribution >= 0.6 is 0 Å². The molecule has 33 heavy (non-hydrogen) atoms. The number of non-ortho nitro benzene ring substituents is 1. The van der Waals surface area contributed by atoms with Crippen molar-refractivity contribution in [2.75, 3.05) is 13.3 Å². The lowest BCUT2D eigenvalue weighted by Crippen LogP contribution is -2.37. The molecule has 1 heterocycles. The second-order valence-corrected chi connectivity index (χ2v) is 8.24. The van der Waals surface area contributed by atoms with E-state index in [0.717, 1.165) is 0 Å². The summed E-state index contributed by atoms with van der Waals surface area (Å²) in [6.45, 7) is 12.8. The first-order chi connectivity index (χ1) is 15.5. The topological polar surface area (TPSA) is 108 Å². The molecule has 1 aromatic carbocycles. The second kappa shape index (κ2) is 11.1. The lowest BCUT2D eigenvalue weighted by molar-refractivity contribution is -0.384. The van der Waals surface area contributed by atoms with Gasteiger partial charge in [-0.1, -0.05) is 12.1 Å². The number of nitro groups is 1. The molecule has 0 saturated heterocycles. The number of hydrogen-bond acceptors (Lipinski definition) is 8. The highest BCUT2D eigenvalue weighted by Crippen LogP contribution is 2.43. The van der Waals surface area contributed by atoms with Crippen molar-refractivity contribution in [3.63, 3.8) is 0 Å². The molecule has 1 aromatic rings. The van der Waals surface area contributed by atoms with Crippen LogP contribution in [0.1, 0.15) is 59.9 Å². The fraction of sp³-hybridized carbons (Fsp3) is 0.500. The van der Waals surface area contributed by atoms with Crippen molar-refractivity contribution < 1.29 is 28.7 Å². The van der Waals surface area contributed by atoms with Crippen LogP contribution in [0.25, 0.3) is 0 Å². The van der Waals surface area contributed by atoms with Crippen LogP contribution in [-0.4, -0.2) is 47.3 Å². The number of nitrogens with zero attached hydrogens (tertiary/aromatic N) is 2. The van der Waals surface area contributed by atoms with Gasteiger partial charge in [-0.3, -0.25) is 10.1 Å². The van der Waals surface area contributed by atoms with E-state index in [1.807, 2.05) is 6.92 Å². The molecule has 0 N–H and O–H groups in total. The minimum atomic E-state index is -0.903. The van der Waals surface area contributed by atoms with E-state index in [9.17, 15) is 19.7 Å². The van der Waals surface area contributed by atoms with Gasteiger partial charge in [0, 0.05) is 30.1 Å². The number of carbonyl (C=O) groups excluding carboxylic acids is 2. The Kier molecular flexibility index (Phi) is 8.76. The molecule has 0 spiro atoms. The van der Waals surface area contributed by atoms with Crippen LogP contribution in [0.5, 0.6) is 0 Å². The van der Waals surface area contributed by atoms with E-state index in [1.165, 1.54) is 18.2 Å². The summed E-state index contributed by atoms with van der Waals surface area (Å²) in [6, 6.07) is 5.91. The van der Waals surface area contributed by atoms with Crippen LogP contribution in [0.2, 0.25) is 0 Å². The zero-order valence-electron chi connectivity index (χ0n) is 20.2. The first-order valence-corrected chi connectivity index (χ1v) is 10.9. The minimum absolute atomic E-state index is 0.118. The predicted octanol–water partition coefficient (Wildman–Crippen LogP) is 4.44. The number of ether oxygens (including phenoxy) is 3. The van der Waals surface area contributed by atoms with Crippen molar-refractivity contribution in [1.82, 2.24) is 4.90 Å². The van der Waals surface area contributed by atoms with Gasteiger partial charge in [0.05, 0.1) is 34.2 Å². The molecule has 0 aliphatic carbocycles. The highest BCUT2D eigenvalue weighted by molar-refractivity contribution is 6.00. The fourth-order valence-electron chi connectivity index (χ4n) is 3.72.